The standard InChI is InChI=1S/C25H23NO4/c1-17-4-5-18(2)23(16-17)26-25(28)20-9-13-22(14-10-20)30-24(27)15-8-19-6-11-21(29-3)12-7-19/h4-16H,1-3H3,(H,26,28)/b15-8+. The number of hydrogen-bond acceptors (Lipinski definition) is 4. The lowest BCUT2D eigenvalue weighted by atomic mass is 10.1. The molecule has 0 radical (unpaired) electrons. The first-order chi connectivity index (χ1) is 14.4. The smallest absolute Gasteiger partial charge is 0.336 e. The van der Waals surface area contributed by atoms with Gasteiger partial charge in [-0.25, -0.2) is 4.79 Å². The summed E-state index contributed by atoms with van der Waals surface area (Å²) in [6.45, 7) is 3.92. The summed E-state index contributed by atoms with van der Waals surface area (Å²) in [6.07, 6.45) is 3.01. The Kier molecular flexibility index (Phi) is 6.65. The van der Waals surface area contributed by atoms with E-state index in [2.05, 4.69) is 5.32 Å². The van der Waals surface area contributed by atoms with E-state index in [9.17, 15) is 9.59 Å². The molecule has 0 fully saturated rings. The van der Waals surface area contributed by atoms with E-state index >= 15 is 0 Å². The molecule has 0 heterocycles. The van der Waals surface area contributed by atoms with Crippen molar-refractivity contribution in [2.45, 2.75) is 13.8 Å². The van der Waals surface area contributed by atoms with Crippen molar-refractivity contribution in [3.63, 3.8) is 0 Å². The number of benzene rings is 3. The van der Waals surface area contributed by atoms with Crippen LogP contribution in [0.5, 0.6) is 11.5 Å². The lowest BCUT2D eigenvalue weighted by molar-refractivity contribution is -0.128. The van der Waals surface area contributed by atoms with Crippen molar-refractivity contribution in [3.8, 4) is 11.5 Å². The Morgan fingerprint density at radius 2 is 1.53 bits per heavy atom. The number of hydrogen-bond donors (Lipinski definition) is 1. The quantitative estimate of drug-likeness (QED) is 0.351. The summed E-state index contributed by atoms with van der Waals surface area (Å²) in [4.78, 5) is 24.5. The van der Waals surface area contributed by atoms with E-state index in [1.807, 2.05) is 56.3 Å². The lowest BCUT2D eigenvalue weighted by Gasteiger charge is -2.10. The molecule has 0 atom stereocenters. The zero-order valence-electron chi connectivity index (χ0n) is 17.1. The predicted octanol–water partition coefficient (Wildman–Crippen LogP) is 5.18. The molecule has 0 spiro atoms. The van der Waals surface area contributed by atoms with Crippen molar-refractivity contribution in [2.24, 2.45) is 0 Å². The van der Waals surface area contributed by atoms with E-state index in [0.29, 0.717) is 11.3 Å². The van der Waals surface area contributed by atoms with Crippen LogP contribution in [0.1, 0.15) is 27.0 Å². The van der Waals surface area contributed by atoms with Gasteiger partial charge < -0.3 is 14.8 Å². The van der Waals surface area contributed by atoms with Gasteiger partial charge in [-0.15, -0.1) is 0 Å². The Morgan fingerprint density at radius 1 is 0.867 bits per heavy atom. The van der Waals surface area contributed by atoms with Gasteiger partial charge in [0.15, 0.2) is 0 Å². The van der Waals surface area contributed by atoms with Gasteiger partial charge in [0.1, 0.15) is 11.5 Å². The summed E-state index contributed by atoms with van der Waals surface area (Å²) in [5, 5.41) is 2.91. The molecule has 0 saturated heterocycles. The number of amides is 1. The molecule has 0 aliphatic heterocycles. The number of aryl methyl sites for hydroxylation is 2. The first-order valence-electron chi connectivity index (χ1n) is 9.47. The molecule has 0 saturated carbocycles. The van der Waals surface area contributed by atoms with Crippen molar-refractivity contribution in [1.29, 1.82) is 0 Å². The van der Waals surface area contributed by atoms with Gasteiger partial charge in [0.25, 0.3) is 5.91 Å². The fourth-order valence-corrected chi connectivity index (χ4v) is 2.77. The molecular weight excluding hydrogens is 378 g/mol. The molecule has 0 aromatic heterocycles. The van der Waals surface area contributed by atoms with Crippen LogP contribution in [0.15, 0.2) is 72.8 Å². The van der Waals surface area contributed by atoms with Crippen LogP contribution in [-0.2, 0) is 4.79 Å². The SMILES string of the molecule is COc1ccc(/C=C/C(=O)Oc2ccc(C(=O)Nc3cc(C)ccc3C)cc2)cc1. The van der Waals surface area contributed by atoms with Gasteiger partial charge in [-0.3, -0.25) is 4.79 Å². The van der Waals surface area contributed by atoms with Crippen LogP contribution in [-0.4, -0.2) is 19.0 Å². The Morgan fingerprint density at radius 3 is 2.20 bits per heavy atom. The Hall–Kier alpha value is -3.86. The predicted molar refractivity (Wildman–Crippen MR) is 118 cm³/mol. The zero-order valence-corrected chi connectivity index (χ0v) is 17.1. The van der Waals surface area contributed by atoms with Crippen molar-refractivity contribution in [1.82, 2.24) is 0 Å². The number of nitrogens with one attached hydrogen (secondary N) is 1. The normalized spacial score (nSPS) is 10.6. The van der Waals surface area contributed by atoms with E-state index in [-0.39, 0.29) is 5.91 Å². The third-order valence-corrected chi connectivity index (χ3v) is 4.50. The lowest BCUT2D eigenvalue weighted by Crippen LogP contribution is -2.13. The topological polar surface area (TPSA) is 64.6 Å². The van der Waals surface area contributed by atoms with Crippen LogP contribution in [0.3, 0.4) is 0 Å². The molecule has 3 aromatic carbocycles. The average Bonchev–Trinajstić information content (AvgIpc) is 2.75. The van der Waals surface area contributed by atoms with Crippen LogP contribution in [0.25, 0.3) is 6.08 Å². The Bertz CT molecular complexity index is 1070. The van der Waals surface area contributed by atoms with Gasteiger partial charge in [0.2, 0.25) is 0 Å². The molecule has 5 heteroatoms. The molecule has 1 N–H and O–H groups in total. The first kappa shape index (κ1) is 20.9. The van der Waals surface area contributed by atoms with Crippen LogP contribution < -0.4 is 14.8 Å². The summed E-state index contributed by atoms with van der Waals surface area (Å²) >= 11 is 0. The zero-order chi connectivity index (χ0) is 21.5. The summed E-state index contributed by atoms with van der Waals surface area (Å²) in [5.74, 6) is 0.387. The fourth-order valence-electron chi connectivity index (χ4n) is 2.77. The second kappa shape index (κ2) is 9.56. The minimum atomic E-state index is -0.501. The van der Waals surface area contributed by atoms with Crippen molar-refractivity contribution >= 4 is 23.6 Å². The number of carbonyl (C=O) groups excluding carboxylic acids is 2. The minimum Gasteiger partial charge on any atom is -0.497 e. The molecular formula is C25H23NO4. The number of carbonyl (C=O) groups is 2. The maximum absolute atomic E-state index is 12.5. The molecule has 0 unspecified atom stereocenters. The number of methoxy groups -OCH3 is 1. The van der Waals surface area contributed by atoms with Gasteiger partial charge in [-0.1, -0.05) is 24.3 Å². The summed E-state index contributed by atoms with van der Waals surface area (Å²) in [5.41, 5.74) is 4.17. The second-order valence-electron chi connectivity index (χ2n) is 6.82. The van der Waals surface area contributed by atoms with Gasteiger partial charge in [0.05, 0.1) is 7.11 Å². The van der Waals surface area contributed by atoms with Crippen LogP contribution in [0.4, 0.5) is 5.69 Å². The second-order valence-corrected chi connectivity index (χ2v) is 6.82. The average molecular weight is 401 g/mol. The van der Waals surface area contributed by atoms with E-state index in [1.165, 1.54) is 6.08 Å². The molecule has 5 nitrogen and oxygen atoms in total. The van der Waals surface area contributed by atoms with Crippen molar-refractivity contribution < 1.29 is 19.1 Å². The number of rotatable bonds is 6. The highest BCUT2D eigenvalue weighted by Crippen LogP contribution is 2.19. The summed E-state index contributed by atoms with van der Waals surface area (Å²) < 4.78 is 10.4. The minimum absolute atomic E-state index is 0.221. The number of esters is 1. The maximum Gasteiger partial charge on any atom is 0.336 e. The highest BCUT2D eigenvalue weighted by atomic mass is 16.5. The van der Waals surface area contributed by atoms with Gasteiger partial charge in [0, 0.05) is 17.3 Å². The molecule has 3 aromatic rings. The fraction of sp³-hybridized carbons (Fsp3) is 0.120. The van der Waals surface area contributed by atoms with E-state index < -0.39 is 5.97 Å². The Balaban J connectivity index is 1.59. The van der Waals surface area contributed by atoms with Crippen LogP contribution >= 0.6 is 0 Å². The number of ether oxygens (including phenoxy) is 2. The number of anilines is 1. The van der Waals surface area contributed by atoms with Crippen LogP contribution in [0.2, 0.25) is 0 Å². The first-order valence-corrected chi connectivity index (χ1v) is 9.47. The highest BCUT2D eigenvalue weighted by molar-refractivity contribution is 6.04. The maximum atomic E-state index is 12.5. The third kappa shape index (κ3) is 5.58. The van der Waals surface area contributed by atoms with Crippen molar-refractivity contribution in [3.05, 3.63) is 95.1 Å². The summed E-state index contributed by atoms with van der Waals surface area (Å²) in [6, 6.07) is 19.6. The van der Waals surface area contributed by atoms with E-state index in [4.69, 9.17) is 9.47 Å². The Labute approximate surface area is 176 Å². The van der Waals surface area contributed by atoms with Gasteiger partial charge in [-0.05, 0) is 79.1 Å². The molecule has 0 bridgehead atoms. The molecule has 0 aliphatic rings. The van der Waals surface area contributed by atoms with Crippen molar-refractivity contribution in [2.75, 3.05) is 12.4 Å². The van der Waals surface area contributed by atoms with E-state index in [0.717, 1.165) is 28.1 Å². The molecule has 3 rings (SSSR count). The molecule has 1 amide bonds. The largest absolute Gasteiger partial charge is 0.497 e. The third-order valence-electron chi connectivity index (χ3n) is 4.50. The van der Waals surface area contributed by atoms with Gasteiger partial charge in [-0.2, -0.15) is 0 Å². The monoisotopic (exact) mass is 401 g/mol. The summed E-state index contributed by atoms with van der Waals surface area (Å²) in [7, 11) is 1.60. The highest BCUT2D eigenvalue weighted by Gasteiger charge is 2.09. The van der Waals surface area contributed by atoms with Gasteiger partial charge >= 0.3 is 5.97 Å². The molecule has 152 valence electrons. The van der Waals surface area contributed by atoms with E-state index in [1.54, 1.807) is 37.5 Å². The van der Waals surface area contributed by atoms with Crippen LogP contribution in [0, 0.1) is 13.8 Å². The molecule has 0 aliphatic carbocycles. The molecule has 30 heavy (non-hydrogen) atoms.